The highest BCUT2D eigenvalue weighted by Crippen LogP contribution is 2.40. The van der Waals surface area contributed by atoms with E-state index in [0.717, 1.165) is 59.4 Å². The predicted octanol–water partition coefficient (Wildman–Crippen LogP) is 5.41. The maximum atomic E-state index is 14.3. The number of nitrogens with two attached hydrogens (primary N) is 1. The number of piperidine rings is 1. The van der Waals surface area contributed by atoms with E-state index in [9.17, 15) is 8.78 Å². The number of para-hydroxylation sites is 1. The van der Waals surface area contributed by atoms with Crippen LogP contribution in [0, 0.1) is 18.6 Å². The second-order valence-electron chi connectivity index (χ2n) is 8.29. The number of nitrogens with one attached hydrogen (secondary N) is 1. The van der Waals surface area contributed by atoms with Gasteiger partial charge in [-0.15, -0.1) is 0 Å². The van der Waals surface area contributed by atoms with Crippen LogP contribution >= 0.6 is 0 Å². The number of hydrogen-bond acceptors (Lipinski definition) is 3. The molecule has 158 valence electrons. The lowest BCUT2D eigenvalue weighted by Gasteiger charge is -2.34. The van der Waals surface area contributed by atoms with Crippen molar-refractivity contribution in [3.63, 3.8) is 0 Å². The Morgan fingerprint density at radius 2 is 1.74 bits per heavy atom. The Balaban J connectivity index is 1.71. The molecule has 0 unspecified atom stereocenters. The average Bonchev–Trinajstić information content (AvgIpc) is 3.16. The molecule has 0 spiro atoms. The second kappa shape index (κ2) is 7.78. The van der Waals surface area contributed by atoms with Crippen molar-refractivity contribution >= 4 is 16.7 Å². The molecule has 0 atom stereocenters. The smallest absolute Gasteiger partial charge is 0.140 e. The molecule has 1 saturated heterocycles. The van der Waals surface area contributed by atoms with Crippen LogP contribution < -0.4 is 10.6 Å². The number of halogens is 2. The van der Waals surface area contributed by atoms with Gasteiger partial charge in [0.2, 0.25) is 0 Å². The summed E-state index contributed by atoms with van der Waals surface area (Å²) < 4.78 is 28.0. The van der Waals surface area contributed by atoms with Gasteiger partial charge in [-0.2, -0.15) is 0 Å². The molecule has 1 fully saturated rings. The fourth-order valence-electron chi connectivity index (χ4n) is 4.43. The van der Waals surface area contributed by atoms with Crippen LogP contribution in [0.1, 0.15) is 18.4 Å². The quantitative estimate of drug-likeness (QED) is 0.468. The van der Waals surface area contributed by atoms with Crippen molar-refractivity contribution in [3.05, 3.63) is 71.8 Å². The highest BCUT2D eigenvalue weighted by Gasteiger charge is 2.24. The van der Waals surface area contributed by atoms with Gasteiger partial charge in [0.15, 0.2) is 0 Å². The number of nitrogens with zero attached hydrogens (tertiary/aromatic N) is 2. The first-order chi connectivity index (χ1) is 15.0. The summed E-state index contributed by atoms with van der Waals surface area (Å²) in [6, 6.07) is 15.8. The van der Waals surface area contributed by atoms with Gasteiger partial charge in [-0.25, -0.2) is 13.8 Å². The molecule has 1 aromatic heterocycles. The zero-order valence-electron chi connectivity index (χ0n) is 17.3. The molecule has 3 aromatic carbocycles. The lowest BCUT2D eigenvalue weighted by atomic mass is 9.95. The first-order valence-corrected chi connectivity index (χ1v) is 10.5. The van der Waals surface area contributed by atoms with Crippen LogP contribution in [0.3, 0.4) is 0 Å². The van der Waals surface area contributed by atoms with Gasteiger partial charge in [-0.3, -0.25) is 0 Å². The fraction of sp³-hybridized carbons (Fsp3) is 0.240. The number of H-pyrrole nitrogens is 1. The maximum Gasteiger partial charge on any atom is 0.140 e. The SMILES string of the molecule is Cc1cc(F)cc(-c2cccc(-c3nc4cc(F)ccc4[nH]3)c2N2CCC(N)CC2)c1. The van der Waals surface area contributed by atoms with Crippen LogP contribution in [0.2, 0.25) is 0 Å². The number of fused-ring (bicyclic) bond motifs is 1. The van der Waals surface area contributed by atoms with Gasteiger partial charge >= 0.3 is 0 Å². The van der Waals surface area contributed by atoms with Crippen LogP contribution in [-0.4, -0.2) is 29.1 Å². The number of anilines is 1. The Morgan fingerprint density at radius 1 is 0.968 bits per heavy atom. The summed E-state index contributed by atoms with van der Waals surface area (Å²) in [5, 5.41) is 0. The summed E-state index contributed by atoms with van der Waals surface area (Å²) in [4.78, 5) is 10.3. The molecule has 4 nitrogen and oxygen atoms in total. The maximum absolute atomic E-state index is 14.3. The van der Waals surface area contributed by atoms with Crippen LogP contribution in [-0.2, 0) is 0 Å². The molecule has 6 heteroatoms. The summed E-state index contributed by atoms with van der Waals surface area (Å²) in [6.45, 7) is 3.52. The molecule has 0 radical (unpaired) electrons. The van der Waals surface area contributed by atoms with Crippen LogP contribution in [0.25, 0.3) is 33.5 Å². The monoisotopic (exact) mass is 418 g/mol. The molecule has 1 aliphatic rings. The van der Waals surface area contributed by atoms with Crippen LogP contribution in [0.15, 0.2) is 54.6 Å². The van der Waals surface area contributed by atoms with Gasteiger partial charge in [0, 0.05) is 36.3 Å². The van der Waals surface area contributed by atoms with Gasteiger partial charge in [-0.1, -0.05) is 18.2 Å². The zero-order chi connectivity index (χ0) is 21.5. The fourth-order valence-corrected chi connectivity index (χ4v) is 4.43. The summed E-state index contributed by atoms with van der Waals surface area (Å²) in [5.74, 6) is 0.0893. The van der Waals surface area contributed by atoms with E-state index in [-0.39, 0.29) is 17.7 Å². The van der Waals surface area contributed by atoms with Gasteiger partial charge in [0.05, 0.1) is 16.7 Å². The Kier molecular flexibility index (Phi) is 4.94. The van der Waals surface area contributed by atoms with Crippen molar-refractivity contribution in [2.24, 2.45) is 5.73 Å². The van der Waals surface area contributed by atoms with E-state index < -0.39 is 0 Å². The number of rotatable bonds is 3. The molecule has 5 rings (SSSR count). The van der Waals surface area contributed by atoms with E-state index >= 15 is 0 Å². The minimum atomic E-state index is -0.320. The number of hydrogen-bond donors (Lipinski definition) is 2. The molecule has 0 saturated carbocycles. The van der Waals surface area contributed by atoms with E-state index in [0.29, 0.717) is 11.3 Å². The third-order valence-electron chi connectivity index (χ3n) is 5.95. The Morgan fingerprint density at radius 3 is 2.52 bits per heavy atom. The van der Waals surface area contributed by atoms with Crippen molar-refractivity contribution in [1.82, 2.24) is 9.97 Å². The molecule has 0 amide bonds. The van der Waals surface area contributed by atoms with E-state index in [1.807, 2.05) is 31.2 Å². The third-order valence-corrected chi connectivity index (χ3v) is 5.95. The molecule has 3 N–H and O–H groups in total. The highest BCUT2D eigenvalue weighted by molar-refractivity contribution is 5.91. The Labute approximate surface area is 179 Å². The average molecular weight is 418 g/mol. The van der Waals surface area contributed by atoms with Crippen molar-refractivity contribution in [1.29, 1.82) is 0 Å². The molecule has 4 aromatic rings. The van der Waals surface area contributed by atoms with Gasteiger partial charge in [0.1, 0.15) is 17.5 Å². The Hall–Kier alpha value is -3.25. The van der Waals surface area contributed by atoms with Crippen LogP contribution in [0.5, 0.6) is 0 Å². The zero-order valence-corrected chi connectivity index (χ0v) is 17.3. The summed E-state index contributed by atoms with van der Waals surface area (Å²) in [5.41, 5.74) is 12.0. The molecule has 0 aliphatic carbocycles. The summed E-state index contributed by atoms with van der Waals surface area (Å²) in [6.07, 6.45) is 1.78. The lowest BCUT2D eigenvalue weighted by molar-refractivity contribution is 0.501. The normalized spacial score (nSPS) is 15.0. The van der Waals surface area contributed by atoms with Gasteiger partial charge < -0.3 is 15.6 Å². The van der Waals surface area contributed by atoms with Crippen molar-refractivity contribution < 1.29 is 8.78 Å². The first-order valence-electron chi connectivity index (χ1n) is 10.5. The van der Waals surface area contributed by atoms with Gasteiger partial charge in [-0.05, 0) is 61.2 Å². The molecular weight excluding hydrogens is 394 g/mol. The summed E-state index contributed by atoms with van der Waals surface area (Å²) in [7, 11) is 0. The molecule has 2 heterocycles. The van der Waals surface area contributed by atoms with Gasteiger partial charge in [0.25, 0.3) is 0 Å². The third kappa shape index (κ3) is 3.79. The van der Waals surface area contributed by atoms with Crippen molar-refractivity contribution in [2.75, 3.05) is 18.0 Å². The van der Waals surface area contributed by atoms with E-state index in [2.05, 4.69) is 14.9 Å². The van der Waals surface area contributed by atoms with E-state index in [1.54, 1.807) is 12.1 Å². The number of aryl methyl sites for hydroxylation is 1. The number of aromatic amines is 1. The highest BCUT2D eigenvalue weighted by atomic mass is 19.1. The molecular formula is C25H24F2N4. The van der Waals surface area contributed by atoms with Crippen molar-refractivity contribution in [3.8, 4) is 22.5 Å². The first kappa shape index (κ1) is 19.7. The standard InChI is InChI=1S/C25H24F2N4/c1-15-11-16(13-18(27)12-15)20-3-2-4-21(24(20)31-9-7-19(28)8-10-31)25-29-22-6-5-17(26)14-23(22)30-25/h2-6,11-14,19H,7-10,28H2,1H3,(H,29,30). The molecule has 0 bridgehead atoms. The molecule has 1 aliphatic heterocycles. The summed E-state index contributed by atoms with van der Waals surface area (Å²) >= 11 is 0. The number of imidazole rings is 1. The molecule has 31 heavy (non-hydrogen) atoms. The predicted molar refractivity (Wildman–Crippen MR) is 121 cm³/mol. The minimum Gasteiger partial charge on any atom is -0.370 e. The Bertz CT molecular complexity index is 1240. The number of aromatic nitrogens is 2. The number of benzene rings is 3. The second-order valence-corrected chi connectivity index (χ2v) is 8.29. The minimum absolute atomic E-state index is 0.192. The largest absolute Gasteiger partial charge is 0.370 e. The van der Waals surface area contributed by atoms with E-state index in [1.165, 1.54) is 18.2 Å². The van der Waals surface area contributed by atoms with E-state index in [4.69, 9.17) is 5.73 Å². The van der Waals surface area contributed by atoms with Crippen LogP contribution in [0.4, 0.5) is 14.5 Å². The topological polar surface area (TPSA) is 57.9 Å². The lowest BCUT2D eigenvalue weighted by Crippen LogP contribution is -2.40. The van der Waals surface area contributed by atoms with Crippen molar-refractivity contribution in [2.45, 2.75) is 25.8 Å².